The van der Waals surface area contributed by atoms with E-state index in [4.69, 9.17) is 0 Å². The Labute approximate surface area is 154 Å². The Morgan fingerprint density at radius 3 is 2.88 bits per heavy atom. The molecule has 25 heavy (non-hydrogen) atoms. The maximum Gasteiger partial charge on any atom is 0.233 e. The van der Waals surface area contributed by atoms with E-state index >= 15 is 0 Å². The normalized spacial score (nSPS) is 12.0. The van der Waals surface area contributed by atoms with Crippen LogP contribution >= 0.6 is 23.1 Å². The van der Waals surface area contributed by atoms with E-state index in [2.05, 4.69) is 33.0 Å². The lowest BCUT2D eigenvalue weighted by Crippen LogP contribution is -2.32. The lowest BCUT2D eigenvalue weighted by atomic mass is 10.1. The Hall–Kier alpha value is -2.19. The summed E-state index contributed by atoms with van der Waals surface area (Å²) < 4.78 is 1.73. The molecule has 2 aromatic heterocycles. The van der Waals surface area contributed by atoms with Crippen molar-refractivity contribution in [1.29, 1.82) is 0 Å². The molecule has 1 N–H and O–H groups in total. The molecular formula is C17H19N5OS2. The van der Waals surface area contributed by atoms with Crippen LogP contribution in [0.4, 0.5) is 0 Å². The number of carbonyl (C=O) groups excluding carboxylic acids is 1. The number of rotatable bonds is 8. The standard InChI is InChI=1S/C17H19N5OS2/c1-13(16(23)18-10-9-14-6-3-2-4-7-14)25-17-19-20-21-22(17)12-15-8-5-11-24-15/h2-8,11,13H,9-10,12H2,1H3,(H,18,23). The second kappa shape index (κ2) is 8.77. The van der Waals surface area contributed by atoms with Gasteiger partial charge in [-0.3, -0.25) is 4.79 Å². The third-order valence-electron chi connectivity index (χ3n) is 3.59. The number of aromatic nitrogens is 4. The van der Waals surface area contributed by atoms with Gasteiger partial charge in [-0.2, -0.15) is 0 Å². The molecule has 1 atom stereocenters. The van der Waals surface area contributed by atoms with Crippen LogP contribution in [-0.4, -0.2) is 37.9 Å². The first-order chi connectivity index (χ1) is 12.2. The van der Waals surface area contributed by atoms with Crippen molar-refractivity contribution in [2.24, 2.45) is 0 Å². The summed E-state index contributed by atoms with van der Waals surface area (Å²) in [6, 6.07) is 14.2. The fourth-order valence-corrected chi connectivity index (χ4v) is 3.76. The first-order valence-electron chi connectivity index (χ1n) is 7.99. The van der Waals surface area contributed by atoms with E-state index in [9.17, 15) is 4.79 Å². The van der Waals surface area contributed by atoms with Gasteiger partial charge in [0.05, 0.1) is 11.8 Å². The topological polar surface area (TPSA) is 72.7 Å². The number of benzene rings is 1. The number of nitrogens with zero attached hydrogens (tertiary/aromatic N) is 4. The van der Waals surface area contributed by atoms with Gasteiger partial charge in [0, 0.05) is 11.4 Å². The Morgan fingerprint density at radius 1 is 1.28 bits per heavy atom. The van der Waals surface area contributed by atoms with Crippen LogP contribution in [0.2, 0.25) is 0 Å². The molecule has 0 radical (unpaired) electrons. The molecule has 3 rings (SSSR count). The molecule has 0 aliphatic rings. The molecule has 3 aromatic rings. The van der Waals surface area contributed by atoms with Gasteiger partial charge in [-0.1, -0.05) is 48.2 Å². The first-order valence-corrected chi connectivity index (χ1v) is 9.75. The fourth-order valence-electron chi connectivity index (χ4n) is 2.26. The maximum atomic E-state index is 12.3. The molecule has 2 heterocycles. The second-order valence-corrected chi connectivity index (χ2v) is 7.83. The molecular weight excluding hydrogens is 354 g/mol. The summed E-state index contributed by atoms with van der Waals surface area (Å²) in [6.07, 6.45) is 0.820. The van der Waals surface area contributed by atoms with Gasteiger partial charge in [0.1, 0.15) is 0 Å². The van der Waals surface area contributed by atoms with Gasteiger partial charge in [-0.15, -0.1) is 16.4 Å². The number of amides is 1. The third-order valence-corrected chi connectivity index (χ3v) is 5.52. The lowest BCUT2D eigenvalue weighted by Gasteiger charge is -2.11. The van der Waals surface area contributed by atoms with Crippen molar-refractivity contribution in [2.45, 2.75) is 30.3 Å². The molecule has 1 unspecified atom stereocenters. The number of nitrogens with one attached hydrogen (secondary N) is 1. The minimum absolute atomic E-state index is 0.00777. The molecule has 0 aliphatic heterocycles. The molecule has 0 saturated carbocycles. The van der Waals surface area contributed by atoms with E-state index in [1.807, 2.05) is 42.6 Å². The average Bonchev–Trinajstić information content (AvgIpc) is 3.29. The molecule has 0 saturated heterocycles. The molecule has 0 bridgehead atoms. The van der Waals surface area contributed by atoms with E-state index < -0.39 is 0 Å². The molecule has 1 aromatic carbocycles. The Kier molecular flexibility index (Phi) is 6.19. The monoisotopic (exact) mass is 373 g/mol. The Balaban J connectivity index is 1.49. The largest absolute Gasteiger partial charge is 0.355 e. The summed E-state index contributed by atoms with van der Waals surface area (Å²) >= 11 is 3.03. The summed E-state index contributed by atoms with van der Waals surface area (Å²) in [5.41, 5.74) is 1.21. The van der Waals surface area contributed by atoms with Gasteiger partial charge < -0.3 is 5.32 Å². The number of hydrogen-bond donors (Lipinski definition) is 1. The van der Waals surface area contributed by atoms with E-state index in [1.54, 1.807) is 16.0 Å². The third kappa shape index (κ3) is 5.14. The zero-order valence-corrected chi connectivity index (χ0v) is 15.5. The molecule has 130 valence electrons. The lowest BCUT2D eigenvalue weighted by molar-refractivity contribution is -0.120. The van der Waals surface area contributed by atoms with E-state index in [0.29, 0.717) is 18.2 Å². The van der Waals surface area contributed by atoms with Crippen LogP contribution in [0.5, 0.6) is 0 Å². The van der Waals surface area contributed by atoms with Crippen molar-refractivity contribution >= 4 is 29.0 Å². The van der Waals surface area contributed by atoms with Crippen molar-refractivity contribution in [2.75, 3.05) is 6.54 Å². The van der Waals surface area contributed by atoms with Gasteiger partial charge in [-0.05, 0) is 40.8 Å². The Morgan fingerprint density at radius 2 is 2.12 bits per heavy atom. The SMILES string of the molecule is CC(Sc1nnnn1Cc1cccs1)C(=O)NCCc1ccccc1. The van der Waals surface area contributed by atoms with Crippen molar-refractivity contribution in [1.82, 2.24) is 25.5 Å². The van der Waals surface area contributed by atoms with Gasteiger partial charge in [0.25, 0.3) is 0 Å². The predicted octanol–water partition coefficient (Wildman–Crippen LogP) is 2.62. The van der Waals surface area contributed by atoms with Gasteiger partial charge in [0.2, 0.25) is 11.1 Å². The van der Waals surface area contributed by atoms with Crippen LogP contribution in [-0.2, 0) is 17.8 Å². The zero-order chi connectivity index (χ0) is 17.5. The molecule has 6 nitrogen and oxygen atoms in total. The maximum absolute atomic E-state index is 12.3. The smallest absolute Gasteiger partial charge is 0.233 e. The van der Waals surface area contributed by atoms with Crippen LogP contribution < -0.4 is 5.32 Å². The highest BCUT2D eigenvalue weighted by molar-refractivity contribution is 8.00. The molecule has 0 fully saturated rings. The van der Waals surface area contributed by atoms with Crippen LogP contribution in [0.1, 0.15) is 17.4 Å². The number of thioether (sulfide) groups is 1. The van der Waals surface area contributed by atoms with Gasteiger partial charge in [-0.25, -0.2) is 4.68 Å². The molecule has 0 aliphatic carbocycles. The van der Waals surface area contributed by atoms with E-state index in [-0.39, 0.29) is 11.2 Å². The summed E-state index contributed by atoms with van der Waals surface area (Å²) in [4.78, 5) is 13.5. The molecule has 1 amide bonds. The summed E-state index contributed by atoms with van der Waals surface area (Å²) in [7, 11) is 0. The summed E-state index contributed by atoms with van der Waals surface area (Å²) in [5, 5.41) is 17.2. The first kappa shape index (κ1) is 17.6. The highest BCUT2D eigenvalue weighted by Gasteiger charge is 2.18. The average molecular weight is 374 g/mol. The van der Waals surface area contributed by atoms with Gasteiger partial charge >= 0.3 is 0 Å². The van der Waals surface area contributed by atoms with Crippen LogP contribution in [0.15, 0.2) is 53.0 Å². The van der Waals surface area contributed by atoms with Crippen LogP contribution in [0.3, 0.4) is 0 Å². The highest BCUT2D eigenvalue weighted by Crippen LogP contribution is 2.21. The zero-order valence-electron chi connectivity index (χ0n) is 13.8. The summed E-state index contributed by atoms with van der Waals surface area (Å²) in [5.74, 6) is -0.00777. The van der Waals surface area contributed by atoms with Gasteiger partial charge in [0.15, 0.2) is 0 Å². The van der Waals surface area contributed by atoms with Crippen molar-refractivity contribution in [3.63, 3.8) is 0 Å². The Bertz CT molecular complexity index is 788. The van der Waals surface area contributed by atoms with E-state index in [0.717, 1.165) is 6.42 Å². The van der Waals surface area contributed by atoms with Crippen molar-refractivity contribution in [3.8, 4) is 0 Å². The quantitative estimate of drug-likeness (QED) is 0.615. The summed E-state index contributed by atoms with van der Waals surface area (Å²) in [6.45, 7) is 3.11. The number of tetrazole rings is 1. The number of carbonyl (C=O) groups is 1. The number of hydrogen-bond acceptors (Lipinski definition) is 6. The van der Waals surface area contributed by atoms with Crippen LogP contribution in [0, 0.1) is 0 Å². The molecule has 8 heteroatoms. The predicted molar refractivity (Wildman–Crippen MR) is 99.7 cm³/mol. The second-order valence-electron chi connectivity index (χ2n) is 5.49. The minimum Gasteiger partial charge on any atom is -0.355 e. The highest BCUT2D eigenvalue weighted by atomic mass is 32.2. The van der Waals surface area contributed by atoms with Crippen molar-refractivity contribution < 1.29 is 4.79 Å². The number of thiophene rings is 1. The molecule has 0 spiro atoms. The van der Waals surface area contributed by atoms with E-state index in [1.165, 1.54) is 22.2 Å². The van der Waals surface area contributed by atoms with Crippen molar-refractivity contribution in [3.05, 3.63) is 58.3 Å². The fraction of sp³-hybridized carbons (Fsp3) is 0.294. The minimum atomic E-state index is -0.260. The van der Waals surface area contributed by atoms with Crippen LogP contribution in [0.25, 0.3) is 0 Å².